The zero-order valence-electron chi connectivity index (χ0n) is 32.0. The molecule has 0 radical (unpaired) electrons. The SMILES string of the molecule is c1ccc(N(c2ccccc2)c2cccc(C34c5ccccc5C(c5cccc(N(c6ccccc6)c6ccccc6)c5)(c5ccccc53)c3ccccc34)c2)cc1. The molecule has 2 heteroatoms. The van der Waals surface area contributed by atoms with E-state index in [0.717, 1.165) is 34.1 Å². The topological polar surface area (TPSA) is 6.48 Å². The van der Waals surface area contributed by atoms with Crippen molar-refractivity contribution in [3.63, 3.8) is 0 Å². The van der Waals surface area contributed by atoms with Crippen LogP contribution >= 0.6 is 0 Å². The van der Waals surface area contributed by atoms with E-state index in [0.29, 0.717) is 0 Å². The smallest absolute Gasteiger partial charge is 0.0711 e. The monoisotopic (exact) mass is 740 g/mol. The minimum Gasteiger partial charge on any atom is -0.310 e. The van der Waals surface area contributed by atoms with E-state index in [1.165, 1.54) is 44.5 Å². The summed E-state index contributed by atoms with van der Waals surface area (Å²) in [6, 6.07) is 89.1. The second-order valence-electron chi connectivity index (χ2n) is 15.3. The highest BCUT2D eigenvalue weighted by Crippen LogP contribution is 2.66. The molecule has 0 fully saturated rings. The van der Waals surface area contributed by atoms with Crippen LogP contribution < -0.4 is 9.80 Å². The molecule has 0 saturated carbocycles. The van der Waals surface area contributed by atoms with Crippen LogP contribution in [0.1, 0.15) is 44.5 Å². The molecule has 12 rings (SSSR count). The van der Waals surface area contributed by atoms with Gasteiger partial charge in [-0.25, -0.2) is 0 Å². The van der Waals surface area contributed by atoms with Gasteiger partial charge in [0.25, 0.3) is 0 Å². The first-order valence-corrected chi connectivity index (χ1v) is 20.1. The van der Waals surface area contributed by atoms with E-state index in [2.05, 4.69) is 252 Å². The van der Waals surface area contributed by atoms with E-state index in [1.54, 1.807) is 0 Å². The van der Waals surface area contributed by atoms with Crippen molar-refractivity contribution in [3.05, 3.63) is 287 Å². The molecule has 0 heterocycles. The van der Waals surface area contributed by atoms with E-state index in [4.69, 9.17) is 0 Å². The summed E-state index contributed by atoms with van der Waals surface area (Å²) in [4.78, 5) is 4.74. The van der Waals surface area contributed by atoms with Crippen molar-refractivity contribution in [2.45, 2.75) is 10.8 Å². The normalized spacial score (nSPS) is 17.1. The van der Waals surface area contributed by atoms with Crippen LogP contribution in [-0.4, -0.2) is 0 Å². The molecule has 3 aliphatic rings. The van der Waals surface area contributed by atoms with Crippen LogP contribution in [0.15, 0.2) is 243 Å². The molecule has 0 N–H and O–H groups in total. The standard InChI is InChI=1S/C56H40N2/c1-5-23-43(24-6-1)57(44-25-7-2-8-26-44)47-31-19-21-41(39-47)55-49-33-13-16-36-52(49)56(53-37-17-14-34-50(53)55,54-38-18-15-35-51(54)55)42-22-20-32-48(40-42)58(45-27-9-3-10-28-45)46-29-11-4-12-30-46/h1-40H. The Kier molecular flexibility index (Phi) is 7.97. The van der Waals surface area contributed by atoms with Gasteiger partial charge < -0.3 is 9.80 Å². The number of para-hydroxylation sites is 4. The van der Waals surface area contributed by atoms with Crippen LogP contribution in [0, 0.1) is 0 Å². The lowest BCUT2D eigenvalue weighted by atomic mass is 9.44. The molecule has 2 bridgehead atoms. The highest BCUT2D eigenvalue weighted by molar-refractivity contribution is 5.85. The number of rotatable bonds is 8. The average Bonchev–Trinajstić information content (AvgIpc) is 3.31. The molecule has 0 amide bonds. The van der Waals surface area contributed by atoms with Crippen molar-refractivity contribution in [1.82, 2.24) is 0 Å². The lowest BCUT2D eigenvalue weighted by molar-refractivity contribution is 0.557. The molecule has 0 aromatic heterocycles. The maximum Gasteiger partial charge on any atom is 0.0711 e. The van der Waals surface area contributed by atoms with Crippen molar-refractivity contribution in [3.8, 4) is 0 Å². The number of hydrogen-bond acceptors (Lipinski definition) is 2. The Balaban J connectivity index is 1.18. The van der Waals surface area contributed by atoms with Gasteiger partial charge in [0, 0.05) is 34.1 Å². The maximum absolute atomic E-state index is 2.43. The second kappa shape index (κ2) is 13.7. The minimum atomic E-state index is -0.557. The molecule has 0 aliphatic heterocycles. The molecule has 0 saturated heterocycles. The van der Waals surface area contributed by atoms with Gasteiger partial charge >= 0.3 is 0 Å². The Labute approximate surface area is 340 Å². The first kappa shape index (κ1) is 33.9. The van der Waals surface area contributed by atoms with Gasteiger partial charge in [-0.2, -0.15) is 0 Å². The third kappa shape index (κ3) is 4.92. The van der Waals surface area contributed by atoms with Crippen LogP contribution in [-0.2, 0) is 10.8 Å². The zero-order valence-corrected chi connectivity index (χ0v) is 32.0. The molecule has 0 atom stereocenters. The van der Waals surface area contributed by atoms with Crippen molar-refractivity contribution in [2.75, 3.05) is 9.80 Å². The summed E-state index contributed by atoms with van der Waals surface area (Å²) < 4.78 is 0. The molecule has 0 spiro atoms. The Morgan fingerprint density at radius 2 is 0.431 bits per heavy atom. The highest BCUT2D eigenvalue weighted by Gasteiger charge is 2.60. The van der Waals surface area contributed by atoms with Crippen LogP contribution in [0.2, 0.25) is 0 Å². The van der Waals surface area contributed by atoms with Gasteiger partial charge in [-0.05, 0) is 117 Å². The van der Waals surface area contributed by atoms with Gasteiger partial charge in [-0.15, -0.1) is 0 Å². The quantitative estimate of drug-likeness (QED) is 0.153. The lowest BCUT2D eigenvalue weighted by Gasteiger charge is -2.57. The summed E-state index contributed by atoms with van der Waals surface area (Å²) in [5, 5.41) is 0. The van der Waals surface area contributed by atoms with Gasteiger partial charge in [0.1, 0.15) is 0 Å². The number of benzene rings is 9. The van der Waals surface area contributed by atoms with Gasteiger partial charge in [0.15, 0.2) is 0 Å². The minimum absolute atomic E-state index is 0.557. The fourth-order valence-corrected chi connectivity index (χ4v) is 10.2. The number of nitrogens with zero attached hydrogens (tertiary/aromatic N) is 2. The molecule has 3 aliphatic carbocycles. The van der Waals surface area contributed by atoms with Gasteiger partial charge in [-0.3, -0.25) is 0 Å². The van der Waals surface area contributed by atoms with E-state index in [1.807, 2.05) is 0 Å². The predicted octanol–water partition coefficient (Wildman–Crippen LogP) is 14.0. The van der Waals surface area contributed by atoms with Crippen molar-refractivity contribution in [1.29, 1.82) is 0 Å². The Bertz CT molecular complexity index is 2510. The second-order valence-corrected chi connectivity index (χ2v) is 15.3. The molecule has 0 unspecified atom stereocenters. The highest BCUT2D eigenvalue weighted by atomic mass is 15.1. The summed E-state index contributed by atoms with van der Waals surface area (Å²) in [6.45, 7) is 0. The fraction of sp³-hybridized carbons (Fsp3) is 0.0357. The maximum atomic E-state index is 2.43. The van der Waals surface area contributed by atoms with Crippen LogP contribution in [0.5, 0.6) is 0 Å². The summed E-state index contributed by atoms with van der Waals surface area (Å²) in [7, 11) is 0. The molecule has 2 nitrogen and oxygen atoms in total. The third-order valence-electron chi connectivity index (χ3n) is 12.3. The van der Waals surface area contributed by atoms with E-state index < -0.39 is 10.8 Å². The van der Waals surface area contributed by atoms with Gasteiger partial charge in [-0.1, -0.05) is 170 Å². The lowest BCUT2D eigenvalue weighted by Crippen LogP contribution is -2.51. The summed E-state index contributed by atoms with van der Waals surface area (Å²) in [5.74, 6) is 0. The predicted molar refractivity (Wildman–Crippen MR) is 240 cm³/mol. The van der Waals surface area contributed by atoms with Crippen molar-refractivity contribution >= 4 is 34.1 Å². The molecule has 9 aromatic rings. The van der Waals surface area contributed by atoms with Crippen LogP contribution in [0.3, 0.4) is 0 Å². The molecule has 274 valence electrons. The van der Waals surface area contributed by atoms with E-state index in [-0.39, 0.29) is 0 Å². The Morgan fingerprint density at radius 1 is 0.207 bits per heavy atom. The summed E-state index contributed by atoms with van der Waals surface area (Å²) >= 11 is 0. The zero-order chi connectivity index (χ0) is 38.5. The summed E-state index contributed by atoms with van der Waals surface area (Å²) in [6.07, 6.45) is 0. The van der Waals surface area contributed by atoms with E-state index >= 15 is 0 Å². The van der Waals surface area contributed by atoms with E-state index in [9.17, 15) is 0 Å². The molecular weight excluding hydrogens is 701 g/mol. The van der Waals surface area contributed by atoms with Crippen LogP contribution in [0.25, 0.3) is 0 Å². The van der Waals surface area contributed by atoms with Crippen molar-refractivity contribution < 1.29 is 0 Å². The van der Waals surface area contributed by atoms with Gasteiger partial charge in [0.2, 0.25) is 0 Å². The molecule has 58 heavy (non-hydrogen) atoms. The molecular formula is C56H40N2. The first-order chi connectivity index (χ1) is 28.8. The number of anilines is 6. The number of hydrogen-bond donors (Lipinski definition) is 0. The van der Waals surface area contributed by atoms with Crippen LogP contribution in [0.4, 0.5) is 34.1 Å². The Morgan fingerprint density at radius 3 is 0.690 bits per heavy atom. The van der Waals surface area contributed by atoms with Gasteiger partial charge in [0.05, 0.1) is 10.8 Å². The average molecular weight is 741 g/mol. The fourth-order valence-electron chi connectivity index (χ4n) is 10.2. The van der Waals surface area contributed by atoms with Crippen molar-refractivity contribution in [2.24, 2.45) is 0 Å². The largest absolute Gasteiger partial charge is 0.310 e. The molecule has 9 aromatic carbocycles. The Hall–Kier alpha value is -7.42. The first-order valence-electron chi connectivity index (χ1n) is 20.1. The third-order valence-corrected chi connectivity index (χ3v) is 12.3. The summed E-state index contributed by atoms with van der Waals surface area (Å²) in [5.41, 5.74) is 16.0.